The zero-order valence-electron chi connectivity index (χ0n) is 11.5. The number of rotatable bonds is 2. The fraction of sp³-hybridized carbons (Fsp3) is 0.333. The fourth-order valence-corrected chi connectivity index (χ4v) is 2.73. The lowest BCUT2D eigenvalue weighted by atomic mass is 9.99. The average Bonchev–Trinajstić information content (AvgIpc) is 3.00. The van der Waals surface area contributed by atoms with Gasteiger partial charge < -0.3 is 10.6 Å². The summed E-state index contributed by atoms with van der Waals surface area (Å²) in [5, 5.41) is 4.15. The molecule has 2 heterocycles. The second-order valence-corrected chi connectivity index (χ2v) is 5.10. The molecular weight excluding hydrogens is 252 g/mol. The number of anilines is 2. The molecule has 0 saturated heterocycles. The molecule has 2 N–H and O–H groups in total. The van der Waals surface area contributed by atoms with Crippen LogP contribution in [0.3, 0.4) is 0 Å². The summed E-state index contributed by atoms with van der Waals surface area (Å²) in [7, 11) is 0. The van der Waals surface area contributed by atoms with Gasteiger partial charge in [0, 0.05) is 30.3 Å². The Labute approximate surface area is 118 Å². The predicted octanol–water partition coefficient (Wildman–Crippen LogP) is 2.01. The highest BCUT2D eigenvalue weighted by molar-refractivity contribution is 5.97. The molecule has 1 unspecified atom stereocenters. The summed E-state index contributed by atoms with van der Waals surface area (Å²) >= 11 is 0. The van der Waals surface area contributed by atoms with E-state index in [0.29, 0.717) is 0 Å². The third-order valence-electron chi connectivity index (χ3n) is 3.83. The topological polar surface area (TPSA) is 64.2 Å². The number of carbonyl (C=O) groups excluding carboxylic acids is 1. The molecule has 2 aromatic rings. The Kier molecular flexibility index (Phi) is 3.18. The van der Waals surface area contributed by atoms with E-state index in [4.69, 9.17) is 5.73 Å². The first-order chi connectivity index (χ1) is 9.68. The zero-order valence-corrected chi connectivity index (χ0v) is 11.5. The van der Waals surface area contributed by atoms with Crippen molar-refractivity contribution in [3.05, 3.63) is 42.2 Å². The number of aromatic nitrogens is 2. The molecule has 1 aliphatic rings. The van der Waals surface area contributed by atoms with E-state index in [9.17, 15) is 4.79 Å². The number of carbonyl (C=O) groups is 1. The van der Waals surface area contributed by atoms with Crippen LogP contribution in [0.2, 0.25) is 0 Å². The molecule has 1 atom stereocenters. The number of nitrogens with zero attached hydrogens (tertiary/aromatic N) is 3. The van der Waals surface area contributed by atoms with E-state index < -0.39 is 0 Å². The van der Waals surface area contributed by atoms with Gasteiger partial charge in [-0.25, -0.2) is 0 Å². The molecule has 0 fully saturated rings. The molecule has 5 heteroatoms. The molecule has 3 rings (SSSR count). The van der Waals surface area contributed by atoms with E-state index in [2.05, 4.69) is 5.10 Å². The third-order valence-corrected chi connectivity index (χ3v) is 3.83. The lowest BCUT2D eigenvalue weighted by Crippen LogP contribution is -2.40. The van der Waals surface area contributed by atoms with Crippen LogP contribution in [-0.2, 0) is 11.2 Å². The van der Waals surface area contributed by atoms with Crippen molar-refractivity contribution < 1.29 is 4.79 Å². The van der Waals surface area contributed by atoms with Crippen LogP contribution in [0.15, 0.2) is 36.7 Å². The predicted molar refractivity (Wildman–Crippen MR) is 78.5 cm³/mol. The second kappa shape index (κ2) is 5.00. The van der Waals surface area contributed by atoms with Gasteiger partial charge in [-0.15, -0.1) is 0 Å². The Morgan fingerprint density at radius 1 is 1.40 bits per heavy atom. The highest BCUT2D eigenvalue weighted by atomic mass is 16.2. The van der Waals surface area contributed by atoms with Gasteiger partial charge in [0.2, 0.25) is 0 Å². The number of fused-ring (bicyclic) bond motifs is 1. The largest absolute Gasteiger partial charge is 0.398 e. The van der Waals surface area contributed by atoms with Gasteiger partial charge in [-0.1, -0.05) is 6.07 Å². The molecule has 0 aliphatic carbocycles. The second-order valence-electron chi connectivity index (χ2n) is 5.10. The molecule has 0 spiro atoms. The first-order valence-corrected chi connectivity index (χ1v) is 6.86. The van der Waals surface area contributed by atoms with Crippen molar-refractivity contribution in [1.82, 2.24) is 9.78 Å². The van der Waals surface area contributed by atoms with Crippen LogP contribution in [0.1, 0.15) is 24.9 Å². The van der Waals surface area contributed by atoms with E-state index in [1.807, 2.05) is 42.3 Å². The number of amides is 1. The summed E-state index contributed by atoms with van der Waals surface area (Å²) in [5.41, 5.74) is 8.82. The Hall–Kier alpha value is -2.30. The minimum atomic E-state index is -0.308. The summed E-state index contributed by atoms with van der Waals surface area (Å²) < 4.78 is 1.68. The summed E-state index contributed by atoms with van der Waals surface area (Å²) in [4.78, 5) is 14.5. The van der Waals surface area contributed by atoms with Crippen LogP contribution in [0.4, 0.5) is 11.4 Å². The van der Waals surface area contributed by atoms with Crippen LogP contribution >= 0.6 is 0 Å². The summed E-state index contributed by atoms with van der Waals surface area (Å²) in [6, 6.07) is 7.28. The monoisotopic (exact) mass is 270 g/mol. The van der Waals surface area contributed by atoms with Crippen molar-refractivity contribution in [2.75, 3.05) is 17.2 Å². The molecule has 0 radical (unpaired) electrons. The maximum atomic E-state index is 12.7. The van der Waals surface area contributed by atoms with Crippen molar-refractivity contribution >= 4 is 17.3 Å². The SMILES string of the molecule is CC(C(=O)N1CCCc2c(N)cccc21)n1cccn1. The van der Waals surface area contributed by atoms with Crippen LogP contribution in [0.5, 0.6) is 0 Å². The summed E-state index contributed by atoms with van der Waals surface area (Å²) in [6.45, 7) is 2.61. The van der Waals surface area contributed by atoms with Gasteiger partial charge in [-0.2, -0.15) is 5.10 Å². The highest BCUT2D eigenvalue weighted by Crippen LogP contribution is 2.32. The number of nitrogens with two attached hydrogens (primary N) is 1. The first-order valence-electron chi connectivity index (χ1n) is 6.86. The fourth-order valence-electron chi connectivity index (χ4n) is 2.73. The lowest BCUT2D eigenvalue weighted by molar-refractivity contribution is -0.121. The number of benzene rings is 1. The minimum Gasteiger partial charge on any atom is -0.398 e. The molecular formula is C15H18N4O. The Bertz CT molecular complexity index is 621. The van der Waals surface area contributed by atoms with Crippen LogP contribution in [0, 0.1) is 0 Å². The third kappa shape index (κ3) is 2.05. The molecule has 1 aliphatic heterocycles. The Morgan fingerprint density at radius 2 is 2.25 bits per heavy atom. The van der Waals surface area contributed by atoms with Crippen molar-refractivity contribution in [2.24, 2.45) is 0 Å². The number of hydrogen-bond donors (Lipinski definition) is 1. The summed E-state index contributed by atoms with van der Waals surface area (Å²) in [6.07, 6.45) is 5.37. The van der Waals surface area contributed by atoms with E-state index in [0.717, 1.165) is 36.3 Å². The molecule has 5 nitrogen and oxygen atoms in total. The van der Waals surface area contributed by atoms with Gasteiger partial charge >= 0.3 is 0 Å². The molecule has 104 valence electrons. The Balaban J connectivity index is 1.93. The van der Waals surface area contributed by atoms with Gasteiger partial charge in [-0.3, -0.25) is 9.48 Å². The van der Waals surface area contributed by atoms with Gasteiger partial charge in [0.05, 0.1) is 0 Å². The van der Waals surface area contributed by atoms with Gasteiger partial charge in [0.1, 0.15) is 6.04 Å². The van der Waals surface area contributed by atoms with E-state index in [1.165, 1.54) is 0 Å². The maximum Gasteiger partial charge on any atom is 0.251 e. The van der Waals surface area contributed by atoms with E-state index in [-0.39, 0.29) is 11.9 Å². The molecule has 1 amide bonds. The van der Waals surface area contributed by atoms with Crippen molar-refractivity contribution in [1.29, 1.82) is 0 Å². The molecule has 20 heavy (non-hydrogen) atoms. The smallest absolute Gasteiger partial charge is 0.251 e. The van der Waals surface area contributed by atoms with E-state index in [1.54, 1.807) is 10.9 Å². The normalized spacial score (nSPS) is 15.8. The lowest BCUT2D eigenvalue weighted by Gasteiger charge is -2.32. The highest BCUT2D eigenvalue weighted by Gasteiger charge is 2.28. The van der Waals surface area contributed by atoms with Gasteiger partial charge in [0.25, 0.3) is 5.91 Å². The molecule has 1 aromatic heterocycles. The molecule has 0 bridgehead atoms. The van der Waals surface area contributed by atoms with Crippen LogP contribution < -0.4 is 10.6 Å². The summed E-state index contributed by atoms with van der Waals surface area (Å²) in [5.74, 6) is 0.0558. The quantitative estimate of drug-likeness (QED) is 0.849. The Morgan fingerprint density at radius 3 is 3.00 bits per heavy atom. The molecule has 0 saturated carbocycles. The van der Waals surface area contributed by atoms with Crippen molar-refractivity contribution in [2.45, 2.75) is 25.8 Å². The minimum absolute atomic E-state index is 0.0558. The van der Waals surface area contributed by atoms with E-state index >= 15 is 0 Å². The van der Waals surface area contributed by atoms with Gasteiger partial charge in [-0.05, 0) is 43.5 Å². The van der Waals surface area contributed by atoms with Crippen molar-refractivity contribution in [3.63, 3.8) is 0 Å². The average molecular weight is 270 g/mol. The number of nitrogen functional groups attached to an aromatic ring is 1. The standard InChI is InChI=1S/C15H18N4O/c1-11(19-10-4-8-17-19)15(20)18-9-3-5-12-13(16)6-2-7-14(12)18/h2,4,6-8,10-11H,3,5,9,16H2,1H3. The zero-order chi connectivity index (χ0) is 14.1. The maximum absolute atomic E-state index is 12.7. The van der Waals surface area contributed by atoms with Crippen LogP contribution in [0.25, 0.3) is 0 Å². The molecule has 1 aromatic carbocycles. The van der Waals surface area contributed by atoms with Crippen molar-refractivity contribution in [3.8, 4) is 0 Å². The van der Waals surface area contributed by atoms with Gasteiger partial charge in [0.15, 0.2) is 0 Å². The number of hydrogen-bond acceptors (Lipinski definition) is 3. The first kappa shape index (κ1) is 12.7. The van der Waals surface area contributed by atoms with Crippen LogP contribution in [-0.4, -0.2) is 22.2 Å².